The summed E-state index contributed by atoms with van der Waals surface area (Å²) >= 11 is 0. The average Bonchev–Trinajstić information content (AvgIpc) is 3.35. The summed E-state index contributed by atoms with van der Waals surface area (Å²) in [6.07, 6.45) is 5.67. The number of hydrogen-bond acceptors (Lipinski definition) is 7. The van der Waals surface area contributed by atoms with Crippen LogP contribution in [0.25, 0.3) is 0 Å². The fourth-order valence-electron chi connectivity index (χ4n) is 5.31. The van der Waals surface area contributed by atoms with Crippen molar-refractivity contribution < 1.29 is 33.3 Å². The molecule has 0 aliphatic carbocycles. The monoisotopic (exact) mass is 593 g/mol. The van der Waals surface area contributed by atoms with Crippen LogP contribution < -0.4 is 9.47 Å². The number of nitrogens with zero attached hydrogens (tertiary/aromatic N) is 1. The van der Waals surface area contributed by atoms with Gasteiger partial charge in [-0.25, -0.2) is 9.69 Å². The predicted molar refractivity (Wildman–Crippen MR) is 166 cm³/mol. The molecule has 3 rings (SSSR count). The molecule has 1 fully saturated rings. The normalized spacial score (nSPS) is 16.5. The van der Waals surface area contributed by atoms with E-state index in [1.165, 1.54) is 4.90 Å². The number of cyclic esters (lactones) is 1. The molecule has 3 atom stereocenters. The third-order valence-corrected chi connectivity index (χ3v) is 7.92. The molecule has 8 heteroatoms. The molecule has 43 heavy (non-hydrogen) atoms. The first-order valence-electron chi connectivity index (χ1n) is 15.2. The molecule has 1 aliphatic rings. The van der Waals surface area contributed by atoms with Gasteiger partial charge in [-0.2, -0.15) is 0 Å². The quantitative estimate of drug-likeness (QED) is 0.114. The maximum atomic E-state index is 13.6. The summed E-state index contributed by atoms with van der Waals surface area (Å²) < 4.78 is 21.7. The number of imide groups is 1. The molecule has 0 N–H and O–H groups in total. The van der Waals surface area contributed by atoms with Gasteiger partial charge in [-0.05, 0) is 54.9 Å². The lowest BCUT2D eigenvalue weighted by Crippen LogP contribution is -2.44. The Hall–Kier alpha value is -3.65. The number of carbonyl (C=O) groups excluding carboxylic acids is 3. The van der Waals surface area contributed by atoms with Gasteiger partial charge in [-0.3, -0.25) is 9.59 Å². The number of Topliss-reactive ketones (excluding diaryl/α,β-unsaturated/α-hetero) is 1. The lowest BCUT2D eigenvalue weighted by atomic mass is 9.84. The van der Waals surface area contributed by atoms with Crippen molar-refractivity contribution in [3.05, 3.63) is 71.8 Å². The van der Waals surface area contributed by atoms with E-state index in [0.717, 1.165) is 12.0 Å². The number of rotatable bonds is 17. The van der Waals surface area contributed by atoms with E-state index in [-0.39, 0.29) is 48.0 Å². The summed E-state index contributed by atoms with van der Waals surface area (Å²) in [6, 6.07) is 14.8. The van der Waals surface area contributed by atoms with Gasteiger partial charge in [-0.1, -0.05) is 70.2 Å². The predicted octanol–water partition coefficient (Wildman–Crippen LogP) is 6.76. The van der Waals surface area contributed by atoms with Crippen molar-refractivity contribution in [1.29, 1.82) is 0 Å². The van der Waals surface area contributed by atoms with Gasteiger partial charge in [0.2, 0.25) is 5.91 Å². The Morgan fingerprint density at radius 2 is 1.60 bits per heavy atom. The fraction of sp³-hybridized carbons (Fsp3) is 0.514. The second kappa shape index (κ2) is 16.8. The van der Waals surface area contributed by atoms with Crippen LogP contribution in [0.2, 0.25) is 0 Å². The number of hydrogen-bond donors (Lipinski definition) is 0. The van der Waals surface area contributed by atoms with E-state index in [9.17, 15) is 14.4 Å². The summed E-state index contributed by atoms with van der Waals surface area (Å²) in [5.41, 5.74) is 1.62. The largest absolute Gasteiger partial charge is 0.493 e. The SMILES string of the molecule is COCCCOc1cc(C(=O)[C@@H](C/C=C/CC(C(=O)N2C(=O)OC[C@@H]2Cc2ccccc2)C(C)C)C(C)C)ccc1OC. The molecule has 8 nitrogen and oxygen atoms in total. The van der Waals surface area contributed by atoms with Crippen molar-refractivity contribution in [2.75, 3.05) is 34.0 Å². The summed E-state index contributed by atoms with van der Waals surface area (Å²) in [4.78, 5) is 41.1. The van der Waals surface area contributed by atoms with Crippen molar-refractivity contribution in [2.24, 2.45) is 23.7 Å². The van der Waals surface area contributed by atoms with Gasteiger partial charge in [0.25, 0.3) is 0 Å². The van der Waals surface area contributed by atoms with E-state index in [0.29, 0.717) is 49.5 Å². The molecule has 2 aromatic carbocycles. The Labute approximate surface area is 256 Å². The third kappa shape index (κ3) is 9.42. The molecule has 0 radical (unpaired) electrons. The number of allylic oxidation sites excluding steroid dienone is 2. The van der Waals surface area contributed by atoms with E-state index < -0.39 is 6.09 Å². The van der Waals surface area contributed by atoms with E-state index in [1.807, 2.05) is 70.2 Å². The van der Waals surface area contributed by atoms with Crippen molar-refractivity contribution >= 4 is 17.8 Å². The molecule has 1 aliphatic heterocycles. The van der Waals surface area contributed by atoms with Crippen LogP contribution in [0.15, 0.2) is 60.7 Å². The highest BCUT2D eigenvalue weighted by atomic mass is 16.6. The highest BCUT2D eigenvalue weighted by molar-refractivity contribution is 5.98. The molecule has 234 valence electrons. The Morgan fingerprint density at radius 3 is 2.23 bits per heavy atom. The van der Waals surface area contributed by atoms with Gasteiger partial charge in [-0.15, -0.1) is 0 Å². The van der Waals surface area contributed by atoms with Crippen LogP contribution in [0.3, 0.4) is 0 Å². The molecule has 0 saturated carbocycles. The van der Waals surface area contributed by atoms with Gasteiger partial charge in [0.15, 0.2) is 17.3 Å². The van der Waals surface area contributed by atoms with E-state index in [4.69, 9.17) is 18.9 Å². The van der Waals surface area contributed by atoms with Crippen molar-refractivity contribution in [2.45, 2.75) is 59.4 Å². The molecule has 0 spiro atoms. The van der Waals surface area contributed by atoms with Crippen LogP contribution in [0, 0.1) is 23.7 Å². The minimum atomic E-state index is -0.576. The number of ketones is 1. The zero-order chi connectivity index (χ0) is 31.4. The zero-order valence-electron chi connectivity index (χ0n) is 26.4. The lowest BCUT2D eigenvalue weighted by molar-refractivity contribution is -0.134. The number of amides is 2. The van der Waals surface area contributed by atoms with Gasteiger partial charge in [0, 0.05) is 37.5 Å². The molecule has 2 aromatic rings. The van der Waals surface area contributed by atoms with Crippen LogP contribution in [0.4, 0.5) is 4.79 Å². The van der Waals surface area contributed by atoms with E-state index in [1.54, 1.807) is 32.4 Å². The van der Waals surface area contributed by atoms with E-state index in [2.05, 4.69) is 0 Å². The first-order valence-corrected chi connectivity index (χ1v) is 15.2. The van der Waals surface area contributed by atoms with Gasteiger partial charge >= 0.3 is 6.09 Å². The fourth-order valence-corrected chi connectivity index (χ4v) is 5.31. The molecule has 0 aromatic heterocycles. The molecule has 1 unspecified atom stereocenters. The minimum Gasteiger partial charge on any atom is -0.493 e. The Morgan fingerprint density at radius 1 is 0.930 bits per heavy atom. The molecular weight excluding hydrogens is 546 g/mol. The lowest BCUT2D eigenvalue weighted by Gasteiger charge is -2.26. The van der Waals surface area contributed by atoms with Crippen LogP contribution >= 0.6 is 0 Å². The van der Waals surface area contributed by atoms with E-state index >= 15 is 0 Å². The summed E-state index contributed by atoms with van der Waals surface area (Å²) in [5, 5.41) is 0. The summed E-state index contributed by atoms with van der Waals surface area (Å²) in [6.45, 7) is 9.29. The van der Waals surface area contributed by atoms with Crippen molar-refractivity contribution in [3.63, 3.8) is 0 Å². The molecule has 2 amide bonds. The average molecular weight is 594 g/mol. The first kappa shape index (κ1) is 33.8. The number of carbonyl (C=O) groups is 3. The van der Waals surface area contributed by atoms with Crippen molar-refractivity contribution in [1.82, 2.24) is 4.90 Å². The van der Waals surface area contributed by atoms with Gasteiger partial charge in [0.1, 0.15) is 6.61 Å². The maximum Gasteiger partial charge on any atom is 0.416 e. The van der Waals surface area contributed by atoms with Crippen LogP contribution in [0.5, 0.6) is 11.5 Å². The smallest absolute Gasteiger partial charge is 0.416 e. The summed E-state index contributed by atoms with van der Waals surface area (Å²) in [7, 11) is 3.22. The number of methoxy groups -OCH3 is 2. The van der Waals surface area contributed by atoms with Crippen molar-refractivity contribution in [3.8, 4) is 11.5 Å². The number of ether oxygens (including phenoxy) is 4. The standard InChI is InChI=1S/C35H47NO7/c1-24(2)29(33(37)27-17-18-31(41-6)32(22-27)42-20-12-19-40-5)15-10-11-16-30(25(3)4)34(38)36-28(23-43-35(36)39)21-26-13-8-7-9-14-26/h7-11,13-14,17-18,22,24-25,28-30H,12,15-16,19-21,23H2,1-6H3/b11-10+/t28-,29-,30?/m0/s1. The zero-order valence-corrected chi connectivity index (χ0v) is 26.4. The minimum absolute atomic E-state index is 0.0204. The maximum absolute atomic E-state index is 13.6. The second-order valence-corrected chi connectivity index (χ2v) is 11.7. The highest BCUT2D eigenvalue weighted by Gasteiger charge is 2.41. The third-order valence-electron chi connectivity index (χ3n) is 7.92. The highest BCUT2D eigenvalue weighted by Crippen LogP contribution is 2.31. The first-order chi connectivity index (χ1) is 20.7. The Bertz CT molecular complexity index is 1220. The molecule has 0 bridgehead atoms. The van der Waals surface area contributed by atoms with Gasteiger partial charge < -0.3 is 18.9 Å². The van der Waals surface area contributed by atoms with Crippen LogP contribution in [-0.2, 0) is 20.7 Å². The molecular formula is C35H47NO7. The summed E-state index contributed by atoms with van der Waals surface area (Å²) in [5.74, 6) is 0.424. The Balaban J connectivity index is 1.67. The van der Waals surface area contributed by atoms with Gasteiger partial charge in [0.05, 0.1) is 19.8 Å². The molecule has 1 heterocycles. The van der Waals surface area contributed by atoms with Crippen LogP contribution in [-0.4, -0.2) is 62.8 Å². The Kier molecular flexibility index (Phi) is 13.3. The topological polar surface area (TPSA) is 91.4 Å². The molecule has 1 saturated heterocycles. The second-order valence-electron chi connectivity index (χ2n) is 11.7. The number of benzene rings is 2. The van der Waals surface area contributed by atoms with Crippen LogP contribution in [0.1, 0.15) is 62.9 Å².